The van der Waals surface area contributed by atoms with Gasteiger partial charge in [0.15, 0.2) is 0 Å². The molecular formula is C13H28N2O2. The molecular weight excluding hydrogens is 216 g/mol. The van der Waals surface area contributed by atoms with E-state index >= 15 is 0 Å². The van der Waals surface area contributed by atoms with Crippen LogP contribution >= 0.6 is 0 Å². The number of carbonyl (C=O) groups is 1. The highest BCUT2D eigenvalue weighted by Gasteiger charge is 2.17. The van der Waals surface area contributed by atoms with E-state index < -0.39 is 0 Å². The van der Waals surface area contributed by atoms with Gasteiger partial charge in [-0.3, -0.25) is 4.79 Å². The minimum Gasteiger partial charge on any atom is -0.380 e. The number of hydrogen-bond donors (Lipinski definition) is 2. The number of nitrogens with one attached hydrogen (secondary N) is 2. The van der Waals surface area contributed by atoms with Crippen LogP contribution in [0.2, 0.25) is 0 Å². The van der Waals surface area contributed by atoms with Gasteiger partial charge in [0.1, 0.15) is 0 Å². The minimum absolute atomic E-state index is 0.0262. The third-order valence-corrected chi connectivity index (χ3v) is 2.43. The average molecular weight is 244 g/mol. The quantitative estimate of drug-likeness (QED) is 0.714. The highest BCUT2D eigenvalue weighted by atomic mass is 16.5. The van der Waals surface area contributed by atoms with Crippen molar-refractivity contribution < 1.29 is 9.53 Å². The zero-order valence-corrected chi connectivity index (χ0v) is 12.1. The Morgan fingerprint density at radius 3 is 2.29 bits per heavy atom. The van der Waals surface area contributed by atoms with Crippen LogP contribution in [0.5, 0.6) is 0 Å². The van der Waals surface area contributed by atoms with E-state index in [-0.39, 0.29) is 17.5 Å². The molecule has 0 fully saturated rings. The summed E-state index contributed by atoms with van der Waals surface area (Å²) in [6.45, 7) is 13.9. The second-order valence-electron chi connectivity index (χ2n) is 5.68. The monoisotopic (exact) mass is 244 g/mol. The second-order valence-corrected chi connectivity index (χ2v) is 5.68. The molecule has 1 unspecified atom stereocenters. The van der Waals surface area contributed by atoms with E-state index in [0.29, 0.717) is 25.7 Å². The Hall–Kier alpha value is -0.610. The summed E-state index contributed by atoms with van der Waals surface area (Å²) in [5.41, 5.74) is -0.0371. The molecule has 0 aromatic rings. The van der Waals surface area contributed by atoms with Crippen molar-refractivity contribution in [2.75, 3.05) is 19.8 Å². The lowest BCUT2D eigenvalue weighted by Gasteiger charge is -2.24. The van der Waals surface area contributed by atoms with Crippen molar-refractivity contribution >= 4 is 5.91 Å². The van der Waals surface area contributed by atoms with Crippen LogP contribution in [-0.4, -0.2) is 37.2 Å². The van der Waals surface area contributed by atoms with Gasteiger partial charge in [0.25, 0.3) is 0 Å². The summed E-state index contributed by atoms with van der Waals surface area (Å²) in [4.78, 5) is 11.7. The zero-order chi connectivity index (χ0) is 13.5. The lowest BCUT2D eigenvalue weighted by molar-refractivity contribution is -0.122. The van der Waals surface area contributed by atoms with Crippen LogP contribution in [0.4, 0.5) is 0 Å². The highest BCUT2D eigenvalue weighted by Crippen LogP contribution is 2.02. The van der Waals surface area contributed by atoms with Gasteiger partial charge in [-0.15, -0.1) is 0 Å². The lowest BCUT2D eigenvalue weighted by Crippen LogP contribution is -2.48. The maximum Gasteiger partial charge on any atom is 0.234 e. The van der Waals surface area contributed by atoms with Crippen LogP contribution < -0.4 is 10.6 Å². The molecule has 1 atom stereocenters. The second kappa shape index (κ2) is 7.67. The van der Waals surface area contributed by atoms with Gasteiger partial charge in [0, 0.05) is 12.1 Å². The van der Waals surface area contributed by atoms with Crippen molar-refractivity contribution in [2.45, 2.75) is 53.1 Å². The van der Waals surface area contributed by atoms with Gasteiger partial charge in [0.05, 0.1) is 19.2 Å². The zero-order valence-electron chi connectivity index (χ0n) is 12.1. The molecule has 4 heteroatoms. The van der Waals surface area contributed by atoms with Gasteiger partial charge in [-0.2, -0.15) is 0 Å². The summed E-state index contributed by atoms with van der Waals surface area (Å²) in [5, 5.41) is 6.17. The summed E-state index contributed by atoms with van der Waals surface area (Å²) in [7, 11) is 0. The van der Waals surface area contributed by atoms with Crippen LogP contribution in [0.1, 0.15) is 41.5 Å². The maximum atomic E-state index is 11.7. The summed E-state index contributed by atoms with van der Waals surface area (Å²) < 4.78 is 5.37. The first kappa shape index (κ1) is 16.4. The predicted octanol–water partition coefficient (Wildman–Crippen LogP) is 1.55. The Labute approximate surface area is 105 Å². The first-order valence-corrected chi connectivity index (χ1v) is 6.38. The third kappa shape index (κ3) is 9.12. The van der Waals surface area contributed by atoms with E-state index in [0.717, 1.165) is 0 Å². The molecule has 0 radical (unpaired) electrons. The van der Waals surface area contributed by atoms with E-state index in [2.05, 4.69) is 24.5 Å². The first-order valence-electron chi connectivity index (χ1n) is 6.38. The number of ether oxygens (including phenoxy) is 1. The topological polar surface area (TPSA) is 50.4 Å². The molecule has 0 aromatic heterocycles. The van der Waals surface area contributed by atoms with Crippen molar-refractivity contribution in [3.8, 4) is 0 Å². The van der Waals surface area contributed by atoms with Gasteiger partial charge < -0.3 is 15.4 Å². The molecule has 0 saturated carbocycles. The van der Waals surface area contributed by atoms with E-state index in [4.69, 9.17) is 4.74 Å². The first-order chi connectivity index (χ1) is 7.76. The van der Waals surface area contributed by atoms with Gasteiger partial charge in [-0.05, 0) is 33.6 Å². The maximum absolute atomic E-state index is 11.7. The van der Waals surface area contributed by atoms with Crippen LogP contribution in [0.15, 0.2) is 0 Å². The van der Waals surface area contributed by atoms with Crippen molar-refractivity contribution in [2.24, 2.45) is 5.92 Å². The Bertz CT molecular complexity index is 222. The molecule has 0 saturated heterocycles. The van der Waals surface area contributed by atoms with Crippen LogP contribution in [0.3, 0.4) is 0 Å². The lowest BCUT2D eigenvalue weighted by atomic mass is 10.1. The molecule has 0 aromatic carbocycles. The fourth-order valence-electron chi connectivity index (χ4n) is 1.25. The van der Waals surface area contributed by atoms with Crippen molar-refractivity contribution in [1.82, 2.24) is 10.6 Å². The SMILES string of the molecule is CCOCC(NC(=O)CNC(C)(C)C)C(C)C. The summed E-state index contributed by atoms with van der Waals surface area (Å²) in [6.07, 6.45) is 0. The van der Waals surface area contributed by atoms with Crippen molar-refractivity contribution in [3.05, 3.63) is 0 Å². The summed E-state index contributed by atoms with van der Waals surface area (Å²) in [5.74, 6) is 0.401. The standard InChI is InChI=1S/C13H28N2O2/c1-7-17-9-11(10(2)3)15-12(16)8-14-13(4,5)6/h10-11,14H,7-9H2,1-6H3,(H,15,16). The Kier molecular flexibility index (Phi) is 7.39. The van der Waals surface area contributed by atoms with E-state index in [1.54, 1.807) is 0 Å². The van der Waals surface area contributed by atoms with Gasteiger partial charge in [-0.1, -0.05) is 13.8 Å². The molecule has 0 aliphatic carbocycles. The number of rotatable bonds is 7. The summed E-state index contributed by atoms with van der Waals surface area (Å²) >= 11 is 0. The molecule has 1 amide bonds. The number of amides is 1. The molecule has 4 nitrogen and oxygen atoms in total. The highest BCUT2D eigenvalue weighted by molar-refractivity contribution is 5.78. The van der Waals surface area contributed by atoms with Gasteiger partial charge in [0.2, 0.25) is 5.91 Å². The number of carbonyl (C=O) groups excluding carboxylic acids is 1. The molecule has 0 aliphatic heterocycles. The van der Waals surface area contributed by atoms with Crippen molar-refractivity contribution in [3.63, 3.8) is 0 Å². The molecule has 0 rings (SSSR count). The number of hydrogen-bond acceptors (Lipinski definition) is 3. The minimum atomic E-state index is -0.0371. The normalized spacial score (nSPS) is 13.8. The average Bonchev–Trinajstić information content (AvgIpc) is 2.19. The molecule has 102 valence electrons. The van der Waals surface area contributed by atoms with Crippen molar-refractivity contribution in [1.29, 1.82) is 0 Å². The van der Waals surface area contributed by atoms with Crippen LogP contribution in [0, 0.1) is 5.92 Å². The molecule has 0 spiro atoms. The smallest absolute Gasteiger partial charge is 0.234 e. The fraction of sp³-hybridized carbons (Fsp3) is 0.923. The third-order valence-electron chi connectivity index (χ3n) is 2.43. The molecule has 0 aliphatic rings. The Morgan fingerprint density at radius 1 is 1.29 bits per heavy atom. The summed E-state index contributed by atoms with van der Waals surface area (Å²) in [6, 6.07) is 0.0872. The van der Waals surface area contributed by atoms with Gasteiger partial charge >= 0.3 is 0 Å². The molecule has 0 heterocycles. The van der Waals surface area contributed by atoms with Crippen LogP contribution in [-0.2, 0) is 9.53 Å². The van der Waals surface area contributed by atoms with E-state index in [1.165, 1.54) is 0 Å². The van der Waals surface area contributed by atoms with E-state index in [1.807, 2.05) is 27.7 Å². The molecule has 2 N–H and O–H groups in total. The molecule has 17 heavy (non-hydrogen) atoms. The largest absolute Gasteiger partial charge is 0.380 e. The van der Waals surface area contributed by atoms with Gasteiger partial charge in [-0.25, -0.2) is 0 Å². The molecule has 0 bridgehead atoms. The van der Waals surface area contributed by atoms with E-state index in [9.17, 15) is 4.79 Å². The van der Waals surface area contributed by atoms with Crippen LogP contribution in [0.25, 0.3) is 0 Å². The Morgan fingerprint density at radius 2 is 1.88 bits per heavy atom. The fourth-order valence-corrected chi connectivity index (χ4v) is 1.25. The predicted molar refractivity (Wildman–Crippen MR) is 71.0 cm³/mol. The Balaban J connectivity index is 4.04.